The topological polar surface area (TPSA) is 102 Å². The standard InChI is InChI=1S/C22H34O6/c1-12(2)18(25)11-19(26)13(3)9-17(10-20(27)14(4)15(5)23)21(28)22(7,8)16(6)24/h12-14,17H,9-11H2,1-8H3. The molecular formula is C22H34O6. The highest BCUT2D eigenvalue weighted by molar-refractivity contribution is 6.09. The second kappa shape index (κ2) is 10.5. The monoisotopic (exact) mass is 394 g/mol. The highest BCUT2D eigenvalue weighted by Crippen LogP contribution is 2.30. The van der Waals surface area contributed by atoms with E-state index in [0.29, 0.717) is 0 Å². The third-order valence-corrected chi connectivity index (χ3v) is 5.59. The van der Waals surface area contributed by atoms with Crippen LogP contribution in [0.4, 0.5) is 0 Å². The molecule has 0 aliphatic rings. The molecule has 0 saturated carbocycles. The van der Waals surface area contributed by atoms with Gasteiger partial charge in [0.05, 0.1) is 17.8 Å². The zero-order chi connectivity index (χ0) is 22.4. The molecule has 0 aliphatic heterocycles. The zero-order valence-electron chi connectivity index (χ0n) is 18.4. The fourth-order valence-electron chi connectivity index (χ4n) is 2.72. The summed E-state index contributed by atoms with van der Waals surface area (Å²) >= 11 is 0. The molecule has 0 aromatic carbocycles. The van der Waals surface area contributed by atoms with E-state index in [2.05, 4.69) is 0 Å². The van der Waals surface area contributed by atoms with Crippen LogP contribution >= 0.6 is 0 Å². The third-order valence-electron chi connectivity index (χ3n) is 5.59. The highest BCUT2D eigenvalue weighted by Gasteiger charge is 2.40. The van der Waals surface area contributed by atoms with Gasteiger partial charge in [0.2, 0.25) is 0 Å². The predicted molar refractivity (Wildman–Crippen MR) is 106 cm³/mol. The normalized spacial score (nSPS) is 14.9. The Kier molecular flexibility index (Phi) is 9.79. The van der Waals surface area contributed by atoms with E-state index in [4.69, 9.17) is 0 Å². The molecule has 3 unspecified atom stereocenters. The summed E-state index contributed by atoms with van der Waals surface area (Å²) in [5.74, 6) is -4.47. The second-order valence-electron chi connectivity index (χ2n) is 8.65. The van der Waals surface area contributed by atoms with E-state index < -0.39 is 29.0 Å². The molecule has 0 bridgehead atoms. The molecule has 0 radical (unpaired) electrons. The lowest BCUT2D eigenvalue weighted by molar-refractivity contribution is -0.143. The molecule has 6 nitrogen and oxygen atoms in total. The van der Waals surface area contributed by atoms with E-state index in [1.807, 2.05) is 0 Å². The molecule has 3 atom stereocenters. The first kappa shape index (κ1) is 26.0. The van der Waals surface area contributed by atoms with Crippen LogP contribution in [0.3, 0.4) is 0 Å². The summed E-state index contributed by atoms with van der Waals surface area (Å²) in [7, 11) is 0. The van der Waals surface area contributed by atoms with Crippen LogP contribution in [0.2, 0.25) is 0 Å². The summed E-state index contributed by atoms with van der Waals surface area (Å²) < 4.78 is 0. The van der Waals surface area contributed by atoms with Crippen LogP contribution in [0.25, 0.3) is 0 Å². The summed E-state index contributed by atoms with van der Waals surface area (Å²) in [6.45, 7) is 12.1. The van der Waals surface area contributed by atoms with Gasteiger partial charge in [-0.25, -0.2) is 0 Å². The molecule has 0 heterocycles. The van der Waals surface area contributed by atoms with Gasteiger partial charge in [-0.1, -0.05) is 20.8 Å². The molecule has 158 valence electrons. The first-order valence-electron chi connectivity index (χ1n) is 9.76. The van der Waals surface area contributed by atoms with Gasteiger partial charge in [-0.15, -0.1) is 0 Å². The molecule has 0 amide bonds. The Morgan fingerprint density at radius 3 is 1.68 bits per heavy atom. The number of carbonyl (C=O) groups is 6. The molecule has 0 saturated heterocycles. The maximum Gasteiger partial charge on any atom is 0.149 e. The van der Waals surface area contributed by atoms with Crippen molar-refractivity contribution in [1.82, 2.24) is 0 Å². The van der Waals surface area contributed by atoms with Crippen LogP contribution in [0.1, 0.15) is 74.7 Å². The molecule has 0 fully saturated rings. The number of hydrogen-bond donors (Lipinski definition) is 0. The Balaban J connectivity index is 5.55. The van der Waals surface area contributed by atoms with Crippen molar-refractivity contribution >= 4 is 34.7 Å². The van der Waals surface area contributed by atoms with Gasteiger partial charge in [-0.2, -0.15) is 0 Å². The van der Waals surface area contributed by atoms with E-state index in [1.54, 1.807) is 20.8 Å². The van der Waals surface area contributed by atoms with Gasteiger partial charge < -0.3 is 0 Å². The third kappa shape index (κ3) is 7.21. The minimum atomic E-state index is -1.29. The summed E-state index contributed by atoms with van der Waals surface area (Å²) in [4.78, 5) is 73.1. The molecular weight excluding hydrogens is 360 g/mol. The Labute approximate surface area is 167 Å². The lowest BCUT2D eigenvalue weighted by Gasteiger charge is -2.28. The van der Waals surface area contributed by atoms with Crippen LogP contribution in [-0.4, -0.2) is 34.7 Å². The van der Waals surface area contributed by atoms with Crippen LogP contribution < -0.4 is 0 Å². The number of hydrogen-bond acceptors (Lipinski definition) is 6. The van der Waals surface area contributed by atoms with Crippen LogP contribution in [0, 0.1) is 29.1 Å². The van der Waals surface area contributed by atoms with E-state index in [0.717, 1.165) is 0 Å². The van der Waals surface area contributed by atoms with Crippen LogP contribution in [0.15, 0.2) is 0 Å². The van der Waals surface area contributed by atoms with Gasteiger partial charge in [-0.3, -0.25) is 28.8 Å². The van der Waals surface area contributed by atoms with Crippen LogP contribution in [-0.2, 0) is 28.8 Å². The zero-order valence-corrected chi connectivity index (χ0v) is 18.4. The van der Waals surface area contributed by atoms with Crippen molar-refractivity contribution in [2.24, 2.45) is 29.1 Å². The second-order valence-corrected chi connectivity index (χ2v) is 8.65. The molecule has 0 rings (SSSR count). The fourth-order valence-corrected chi connectivity index (χ4v) is 2.72. The summed E-state index contributed by atoms with van der Waals surface area (Å²) in [6.07, 6.45) is -0.351. The van der Waals surface area contributed by atoms with Gasteiger partial charge in [0.25, 0.3) is 0 Å². The number of carbonyl (C=O) groups excluding carboxylic acids is 6. The Bertz CT molecular complexity index is 656. The first-order valence-corrected chi connectivity index (χ1v) is 9.76. The number of Topliss-reactive ketones (excluding diaryl/α,β-unsaturated/α-hetero) is 6. The first-order chi connectivity index (χ1) is 12.6. The molecule has 0 spiro atoms. The number of rotatable bonds is 13. The quantitative estimate of drug-likeness (QED) is 0.445. The average molecular weight is 395 g/mol. The molecule has 6 heteroatoms. The smallest absolute Gasteiger partial charge is 0.149 e. The van der Waals surface area contributed by atoms with E-state index in [-0.39, 0.29) is 54.1 Å². The van der Waals surface area contributed by atoms with Crippen LogP contribution in [0.5, 0.6) is 0 Å². The van der Waals surface area contributed by atoms with Gasteiger partial charge in [0.1, 0.15) is 34.7 Å². The average Bonchev–Trinajstić information content (AvgIpc) is 2.58. The van der Waals surface area contributed by atoms with Crippen molar-refractivity contribution in [3.05, 3.63) is 0 Å². The fraction of sp³-hybridized carbons (Fsp3) is 0.727. The lowest BCUT2D eigenvalue weighted by Crippen LogP contribution is -2.39. The summed E-state index contributed by atoms with van der Waals surface area (Å²) in [6, 6.07) is 0. The van der Waals surface area contributed by atoms with E-state index >= 15 is 0 Å². The minimum absolute atomic E-state index is 0.0656. The van der Waals surface area contributed by atoms with Gasteiger partial charge in [0.15, 0.2) is 0 Å². The molecule has 0 aliphatic carbocycles. The Hall–Kier alpha value is -1.98. The molecule has 0 aromatic heterocycles. The Morgan fingerprint density at radius 2 is 1.29 bits per heavy atom. The van der Waals surface area contributed by atoms with E-state index in [9.17, 15) is 28.8 Å². The SMILES string of the molecule is CC(=O)C(C)C(=O)CC(CC(C)C(=O)CC(=O)C(C)C)C(=O)C(C)(C)C(C)=O. The van der Waals surface area contributed by atoms with Crippen molar-refractivity contribution in [3.8, 4) is 0 Å². The van der Waals surface area contributed by atoms with Crippen molar-refractivity contribution < 1.29 is 28.8 Å². The van der Waals surface area contributed by atoms with Gasteiger partial charge in [-0.05, 0) is 41.0 Å². The molecule has 28 heavy (non-hydrogen) atoms. The van der Waals surface area contributed by atoms with Crippen molar-refractivity contribution in [2.45, 2.75) is 74.7 Å². The molecule has 0 aromatic rings. The highest BCUT2D eigenvalue weighted by atomic mass is 16.2. The van der Waals surface area contributed by atoms with Crippen molar-refractivity contribution in [1.29, 1.82) is 0 Å². The minimum Gasteiger partial charge on any atom is -0.299 e. The van der Waals surface area contributed by atoms with Crippen molar-refractivity contribution in [3.63, 3.8) is 0 Å². The predicted octanol–water partition coefficient (Wildman–Crippen LogP) is 3.18. The van der Waals surface area contributed by atoms with Crippen molar-refractivity contribution in [2.75, 3.05) is 0 Å². The number of ketones is 6. The van der Waals surface area contributed by atoms with E-state index in [1.165, 1.54) is 34.6 Å². The summed E-state index contributed by atoms with van der Waals surface area (Å²) in [5.41, 5.74) is -1.29. The molecule has 0 N–H and O–H groups in total. The maximum atomic E-state index is 13.0. The Morgan fingerprint density at radius 1 is 0.786 bits per heavy atom. The van der Waals surface area contributed by atoms with Gasteiger partial charge >= 0.3 is 0 Å². The van der Waals surface area contributed by atoms with Gasteiger partial charge in [0, 0.05) is 24.2 Å². The maximum absolute atomic E-state index is 13.0. The lowest BCUT2D eigenvalue weighted by atomic mass is 9.73. The summed E-state index contributed by atoms with van der Waals surface area (Å²) in [5, 5.41) is 0. The largest absolute Gasteiger partial charge is 0.299 e.